The van der Waals surface area contributed by atoms with Gasteiger partial charge in [-0.2, -0.15) is 0 Å². The summed E-state index contributed by atoms with van der Waals surface area (Å²) in [6.45, 7) is 4.41. The number of nitrogens with two attached hydrogens (primary N) is 1. The number of hydrogen-bond donors (Lipinski definition) is 3. The highest BCUT2D eigenvalue weighted by atomic mass is 16.3. The summed E-state index contributed by atoms with van der Waals surface area (Å²) in [6, 6.07) is -0.471. The van der Waals surface area contributed by atoms with Gasteiger partial charge in [-0.3, -0.25) is 0 Å². The second kappa shape index (κ2) is 4.60. The minimum absolute atomic E-state index is 0.124. The van der Waals surface area contributed by atoms with Gasteiger partial charge in [-0.25, -0.2) is 0 Å². The van der Waals surface area contributed by atoms with E-state index in [0.717, 1.165) is 25.7 Å². The first-order valence-corrected chi connectivity index (χ1v) is 5.51. The smallest absolute Gasteiger partial charge is 0.0741 e. The molecule has 3 heteroatoms. The van der Waals surface area contributed by atoms with Crippen molar-refractivity contribution in [3.63, 3.8) is 0 Å². The largest absolute Gasteiger partial charge is 0.395 e. The first-order chi connectivity index (χ1) is 6.46. The van der Waals surface area contributed by atoms with Gasteiger partial charge in [0.1, 0.15) is 0 Å². The SMILES string of the molecule is CC1(C)CCC([C@H](O)[C@H](N)CO)CC1. The van der Waals surface area contributed by atoms with E-state index < -0.39 is 12.1 Å². The Kier molecular flexibility index (Phi) is 3.93. The Hall–Kier alpha value is -0.120. The van der Waals surface area contributed by atoms with Gasteiger partial charge in [0.2, 0.25) is 0 Å². The van der Waals surface area contributed by atoms with Crippen molar-refractivity contribution in [1.82, 2.24) is 0 Å². The first-order valence-electron chi connectivity index (χ1n) is 5.51. The molecule has 1 fully saturated rings. The zero-order chi connectivity index (χ0) is 10.8. The zero-order valence-electron chi connectivity index (χ0n) is 9.24. The molecule has 0 aromatic carbocycles. The Morgan fingerprint density at radius 2 is 1.86 bits per heavy atom. The van der Waals surface area contributed by atoms with Gasteiger partial charge in [0.05, 0.1) is 18.8 Å². The standard InChI is InChI=1S/C11H23NO2/c1-11(2)5-3-8(4-6-11)10(14)9(12)7-13/h8-10,13-14H,3-7,12H2,1-2H3/t9-,10+/m1/s1. The molecule has 1 saturated carbocycles. The predicted octanol–water partition coefficient (Wildman–Crippen LogP) is 0.883. The van der Waals surface area contributed by atoms with Gasteiger partial charge in [0.15, 0.2) is 0 Å². The normalized spacial score (nSPS) is 27.2. The molecular formula is C11H23NO2. The average Bonchev–Trinajstić information content (AvgIpc) is 2.15. The Balaban J connectivity index is 2.41. The molecule has 1 aliphatic carbocycles. The van der Waals surface area contributed by atoms with Crippen molar-refractivity contribution in [3.05, 3.63) is 0 Å². The fraction of sp³-hybridized carbons (Fsp3) is 1.00. The summed E-state index contributed by atoms with van der Waals surface area (Å²) < 4.78 is 0. The number of aliphatic hydroxyl groups excluding tert-OH is 2. The predicted molar refractivity (Wildman–Crippen MR) is 56.8 cm³/mol. The number of aliphatic hydroxyl groups is 2. The molecular weight excluding hydrogens is 178 g/mol. The summed E-state index contributed by atoms with van der Waals surface area (Å²) in [4.78, 5) is 0. The summed E-state index contributed by atoms with van der Waals surface area (Å²) >= 11 is 0. The summed E-state index contributed by atoms with van der Waals surface area (Å²) in [6.07, 6.45) is 3.82. The quantitative estimate of drug-likeness (QED) is 0.635. The van der Waals surface area contributed by atoms with Gasteiger partial charge in [-0.1, -0.05) is 13.8 Å². The third-order valence-corrected chi connectivity index (χ3v) is 3.52. The van der Waals surface area contributed by atoms with Crippen LogP contribution in [0, 0.1) is 11.3 Å². The third kappa shape index (κ3) is 2.94. The van der Waals surface area contributed by atoms with E-state index in [4.69, 9.17) is 10.8 Å². The van der Waals surface area contributed by atoms with Crippen LogP contribution in [0.3, 0.4) is 0 Å². The van der Waals surface area contributed by atoms with Crippen molar-refractivity contribution < 1.29 is 10.2 Å². The molecule has 0 spiro atoms. The van der Waals surface area contributed by atoms with E-state index in [1.807, 2.05) is 0 Å². The van der Waals surface area contributed by atoms with Crippen LogP contribution in [0.4, 0.5) is 0 Å². The molecule has 84 valence electrons. The monoisotopic (exact) mass is 201 g/mol. The van der Waals surface area contributed by atoms with Crippen LogP contribution < -0.4 is 5.73 Å². The summed E-state index contributed by atoms with van der Waals surface area (Å²) in [7, 11) is 0. The van der Waals surface area contributed by atoms with Crippen LogP contribution >= 0.6 is 0 Å². The van der Waals surface area contributed by atoms with Gasteiger partial charge in [-0.05, 0) is 37.0 Å². The molecule has 1 rings (SSSR count). The topological polar surface area (TPSA) is 66.5 Å². The van der Waals surface area contributed by atoms with Crippen molar-refractivity contribution in [2.24, 2.45) is 17.1 Å². The lowest BCUT2D eigenvalue weighted by Crippen LogP contribution is -2.44. The van der Waals surface area contributed by atoms with E-state index in [1.54, 1.807) is 0 Å². The van der Waals surface area contributed by atoms with E-state index >= 15 is 0 Å². The number of hydrogen-bond acceptors (Lipinski definition) is 3. The maximum Gasteiger partial charge on any atom is 0.0741 e. The van der Waals surface area contributed by atoms with Crippen LogP contribution in [-0.4, -0.2) is 29.0 Å². The molecule has 0 heterocycles. The van der Waals surface area contributed by atoms with Gasteiger partial charge >= 0.3 is 0 Å². The molecule has 2 atom stereocenters. The van der Waals surface area contributed by atoms with E-state index in [-0.39, 0.29) is 12.5 Å². The molecule has 0 aromatic heterocycles. The van der Waals surface area contributed by atoms with Gasteiger partial charge < -0.3 is 15.9 Å². The molecule has 0 bridgehead atoms. The van der Waals surface area contributed by atoms with Crippen LogP contribution in [0.1, 0.15) is 39.5 Å². The van der Waals surface area contributed by atoms with Crippen molar-refractivity contribution in [2.45, 2.75) is 51.7 Å². The summed E-state index contributed by atoms with van der Waals surface area (Å²) in [5.41, 5.74) is 6.03. The molecule has 14 heavy (non-hydrogen) atoms. The molecule has 4 N–H and O–H groups in total. The maximum absolute atomic E-state index is 9.83. The lowest BCUT2D eigenvalue weighted by molar-refractivity contribution is 0.0249. The maximum atomic E-state index is 9.83. The fourth-order valence-corrected chi connectivity index (χ4v) is 2.22. The Morgan fingerprint density at radius 3 is 2.29 bits per heavy atom. The van der Waals surface area contributed by atoms with Gasteiger partial charge in [-0.15, -0.1) is 0 Å². The second-order valence-electron chi connectivity index (χ2n) is 5.34. The Bertz CT molecular complexity index is 172. The van der Waals surface area contributed by atoms with Crippen LogP contribution in [0.5, 0.6) is 0 Å². The molecule has 0 aliphatic heterocycles. The Morgan fingerprint density at radius 1 is 1.36 bits per heavy atom. The second-order valence-corrected chi connectivity index (χ2v) is 5.34. The van der Waals surface area contributed by atoms with E-state index in [2.05, 4.69) is 13.8 Å². The first kappa shape index (κ1) is 12.0. The highest BCUT2D eigenvalue weighted by Crippen LogP contribution is 2.39. The highest BCUT2D eigenvalue weighted by Gasteiger charge is 2.32. The summed E-state index contributed by atoms with van der Waals surface area (Å²) in [5, 5.41) is 18.7. The fourth-order valence-electron chi connectivity index (χ4n) is 2.22. The highest BCUT2D eigenvalue weighted by molar-refractivity contribution is 4.85. The average molecular weight is 201 g/mol. The molecule has 3 nitrogen and oxygen atoms in total. The zero-order valence-corrected chi connectivity index (χ0v) is 9.24. The number of rotatable bonds is 3. The third-order valence-electron chi connectivity index (χ3n) is 3.52. The van der Waals surface area contributed by atoms with Crippen LogP contribution in [0.2, 0.25) is 0 Å². The van der Waals surface area contributed by atoms with Crippen molar-refractivity contribution in [3.8, 4) is 0 Å². The van der Waals surface area contributed by atoms with Crippen molar-refractivity contribution in [1.29, 1.82) is 0 Å². The Labute approximate surface area is 86.3 Å². The lowest BCUT2D eigenvalue weighted by Gasteiger charge is -2.37. The van der Waals surface area contributed by atoms with Gasteiger partial charge in [0, 0.05) is 0 Å². The van der Waals surface area contributed by atoms with Crippen LogP contribution in [0.25, 0.3) is 0 Å². The van der Waals surface area contributed by atoms with Crippen molar-refractivity contribution >= 4 is 0 Å². The molecule has 0 unspecified atom stereocenters. The lowest BCUT2D eigenvalue weighted by atomic mass is 9.71. The molecule has 0 amide bonds. The van der Waals surface area contributed by atoms with E-state index in [0.29, 0.717) is 5.41 Å². The van der Waals surface area contributed by atoms with E-state index in [1.165, 1.54) is 0 Å². The van der Waals surface area contributed by atoms with E-state index in [9.17, 15) is 5.11 Å². The van der Waals surface area contributed by atoms with Crippen LogP contribution in [0.15, 0.2) is 0 Å². The molecule has 1 aliphatic rings. The van der Waals surface area contributed by atoms with Crippen LogP contribution in [-0.2, 0) is 0 Å². The van der Waals surface area contributed by atoms with Gasteiger partial charge in [0.25, 0.3) is 0 Å². The summed E-state index contributed by atoms with van der Waals surface area (Å²) in [5.74, 6) is 0.283. The molecule has 0 radical (unpaired) electrons. The molecule has 0 aromatic rings. The minimum Gasteiger partial charge on any atom is -0.395 e. The molecule has 0 saturated heterocycles. The minimum atomic E-state index is -0.531. The van der Waals surface area contributed by atoms with Crippen molar-refractivity contribution in [2.75, 3.05) is 6.61 Å².